The molecule has 2 atom stereocenters. The van der Waals surface area contributed by atoms with Crippen LogP contribution >= 0.6 is 0 Å². The maximum atomic E-state index is 13.0. The van der Waals surface area contributed by atoms with Gasteiger partial charge in [0, 0.05) is 13.0 Å². The first-order chi connectivity index (χ1) is 19.6. The van der Waals surface area contributed by atoms with E-state index in [0.717, 1.165) is 25.7 Å². The summed E-state index contributed by atoms with van der Waals surface area (Å²) in [5.41, 5.74) is 0. The Morgan fingerprint density at radius 3 is 1.27 bits per heavy atom. The lowest BCUT2D eigenvalue weighted by Gasteiger charge is -2.17. The van der Waals surface area contributed by atoms with Gasteiger partial charge in [0.25, 0.3) is 0 Å². The molecule has 0 aromatic rings. The molecule has 0 bridgehead atoms. The predicted molar refractivity (Wildman–Crippen MR) is 171 cm³/mol. The Kier molecular flexibility index (Phi) is 30.3. The van der Waals surface area contributed by atoms with Crippen molar-refractivity contribution in [2.75, 3.05) is 13.2 Å². The van der Waals surface area contributed by atoms with Crippen LogP contribution in [0.2, 0.25) is 0 Å². The molecular weight excluding hydrogens is 498 g/mol. The van der Waals surface area contributed by atoms with Gasteiger partial charge >= 0.3 is 0 Å². The number of amides is 1. The van der Waals surface area contributed by atoms with E-state index in [-0.39, 0.29) is 18.2 Å². The van der Waals surface area contributed by atoms with Gasteiger partial charge in [-0.3, -0.25) is 9.59 Å². The number of hydrogen-bond donors (Lipinski definition) is 3. The van der Waals surface area contributed by atoms with E-state index in [1.165, 1.54) is 135 Å². The maximum absolute atomic E-state index is 13.0. The summed E-state index contributed by atoms with van der Waals surface area (Å²) in [6, 6.07) is 0. The highest BCUT2D eigenvalue weighted by atomic mass is 16.3. The summed E-state index contributed by atoms with van der Waals surface area (Å²) in [5, 5.41) is 21.3. The average Bonchev–Trinajstić information content (AvgIpc) is 2.96. The molecule has 0 aliphatic heterocycles. The Labute approximate surface area is 249 Å². The molecule has 0 saturated carbocycles. The molecule has 2 unspecified atom stereocenters. The third kappa shape index (κ3) is 26.0. The molecule has 0 spiro atoms. The first-order valence-electron chi connectivity index (χ1n) is 17.7. The zero-order chi connectivity index (χ0) is 29.5. The zero-order valence-electron chi connectivity index (χ0n) is 26.9. The first-order valence-corrected chi connectivity index (χ1v) is 17.7. The largest absolute Gasteiger partial charge is 0.394 e. The Morgan fingerprint density at radius 2 is 0.900 bits per heavy atom. The van der Waals surface area contributed by atoms with Crippen LogP contribution in [0.25, 0.3) is 0 Å². The molecule has 0 rings (SSSR count). The van der Waals surface area contributed by atoms with Gasteiger partial charge in [-0.05, 0) is 12.8 Å². The minimum absolute atomic E-state index is 0.00367. The molecule has 0 fully saturated rings. The number of hydrogen-bond acceptors (Lipinski definition) is 4. The maximum Gasteiger partial charge on any atom is 0.230 e. The monoisotopic (exact) mass is 568 g/mol. The van der Waals surface area contributed by atoms with E-state index in [2.05, 4.69) is 19.2 Å². The lowest BCUT2D eigenvalue weighted by molar-refractivity contribution is -0.134. The van der Waals surface area contributed by atoms with Crippen molar-refractivity contribution in [1.29, 1.82) is 0 Å². The van der Waals surface area contributed by atoms with Gasteiger partial charge in [0.2, 0.25) is 5.91 Å². The van der Waals surface area contributed by atoms with Crippen LogP contribution in [0.4, 0.5) is 0 Å². The average molecular weight is 568 g/mol. The van der Waals surface area contributed by atoms with Crippen molar-refractivity contribution in [3.8, 4) is 0 Å². The quantitative estimate of drug-likeness (QED) is 0.0558. The van der Waals surface area contributed by atoms with Crippen LogP contribution in [-0.2, 0) is 9.59 Å². The standard InChI is InChI=1S/C35H69NO4/c1-3-5-7-9-11-13-15-17-19-21-23-25-27-29-34(39)33(35(40)36-30-32(38)31-37)28-26-24-22-20-18-16-14-12-10-8-6-4-2/h32-33,37-38H,3-31H2,1-2H3,(H,36,40). The Hall–Kier alpha value is -0.940. The van der Waals surface area contributed by atoms with E-state index >= 15 is 0 Å². The summed E-state index contributed by atoms with van der Waals surface area (Å²) in [6.07, 6.45) is 31.7. The van der Waals surface area contributed by atoms with E-state index in [4.69, 9.17) is 5.11 Å². The number of nitrogens with one attached hydrogen (secondary N) is 1. The molecule has 0 radical (unpaired) electrons. The summed E-state index contributed by atoms with van der Waals surface area (Å²) in [7, 11) is 0. The van der Waals surface area contributed by atoms with Gasteiger partial charge in [-0.15, -0.1) is 0 Å². The Bertz CT molecular complexity index is 554. The molecule has 0 aromatic carbocycles. The van der Waals surface area contributed by atoms with Gasteiger partial charge in [-0.1, -0.05) is 168 Å². The lowest BCUT2D eigenvalue weighted by Crippen LogP contribution is -2.40. The zero-order valence-corrected chi connectivity index (χ0v) is 26.9. The molecule has 5 nitrogen and oxygen atoms in total. The molecule has 5 heteroatoms. The van der Waals surface area contributed by atoms with Crippen LogP contribution in [0, 0.1) is 5.92 Å². The second-order valence-corrected chi connectivity index (χ2v) is 12.3. The number of ketones is 1. The molecule has 1 amide bonds. The molecule has 0 aromatic heterocycles. The molecule has 3 N–H and O–H groups in total. The molecule has 0 aliphatic rings. The summed E-state index contributed by atoms with van der Waals surface area (Å²) in [5.74, 6) is -0.858. The van der Waals surface area contributed by atoms with Crippen molar-refractivity contribution < 1.29 is 19.8 Å². The summed E-state index contributed by atoms with van der Waals surface area (Å²) in [4.78, 5) is 25.7. The Balaban J connectivity index is 4.07. The smallest absolute Gasteiger partial charge is 0.230 e. The fourth-order valence-electron chi connectivity index (χ4n) is 5.53. The topological polar surface area (TPSA) is 86.6 Å². The number of rotatable bonds is 32. The van der Waals surface area contributed by atoms with E-state index in [1.54, 1.807) is 0 Å². The highest BCUT2D eigenvalue weighted by Crippen LogP contribution is 2.19. The van der Waals surface area contributed by atoms with Gasteiger partial charge in [-0.2, -0.15) is 0 Å². The summed E-state index contributed by atoms with van der Waals surface area (Å²) >= 11 is 0. The van der Waals surface area contributed by atoms with Crippen molar-refractivity contribution in [2.45, 2.75) is 193 Å². The second-order valence-electron chi connectivity index (χ2n) is 12.3. The number of aliphatic hydroxyl groups is 2. The van der Waals surface area contributed by atoms with E-state index in [0.29, 0.717) is 12.8 Å². The van der Waals surface area contributed by atoms with Gasteiger partial charge in [0.05, 0.1) is 18.6 Å². The summed E-state index contributed by atoms with van der Waals surface area (Å²) in [6.45, 7) is 4.12. The first kappa shape index (κ1) is 39.1. The van der Waals surface area contributed by atoms with Crippen LogP contribution in [0.5, 0.6) is 0 Å². The lowest BCUT2D eigenvalue weighted by atomic mass is 9.92. The fraction of sp³-hybridized carbons (Fsp3) is 0.943. The SMILES string of the molecule is CCCCCCCCCCCCCCCC(=O)C(CCCCCCCCCCCCCC)C(=O)NCC(O)CO. The van der Waals surface area contributed by atoms with Gasteiger partial charge in [0.1, 0.15) is 5.78 Å². The number of Topliss-reactive ketones (excluding diaryl/α,β-unsaturated/α-hetero) is 1. The van der Waals surface area contributed by atoms with E-state index in [1.807, 2.05) is 0 Å². The van der Waals surface area contributed by atoms with Crippen molar-refractivity contribution >= 4 is 11.7 Å². The normalized spacial score (nSPS) is 12.9. The van der Waals surface area contributed by atoms with Crippen molar-refractivity contribution in [3.63, 3.8) is 0 Å². The molecule has 0 saturated heterocycles. The van der Waals surface area contributed by atoms with E-state index in [9.17, 15) is 14.7 Å². The molecule has 40 heavy (non-hydrogen) atoms. The number of aliphatic hydroxyl groups excluding tert-OH is 2. The molecule has 0 heterocycles. The van der Waals surface area contributed by atoms with Crippen LogP contribution in [0.3, 0.4) is 0 Å². The third-order valence-electron chi connectivity index (χ3n) is 8.30. The van der Waals surface area contributed by atoms with Gasteiger partial charge in [0.15, 0.2) is 0 Å². The van der Waals surface area contributed by atoms with Crippen molar-refractivity contribution in [3.05, 3.63) is 0 Å². The van der Waals surface area contributed by atoms with Gasteiger partial charge in [-0.25, -0.2) is 0 Å². The van der Waals surface area contributed by atoms with E-state index < -0.39 is 18.6 Å². The number of carbonyl (C=O) groups is 2. The third-order valence-corrected chi connectivity index (χ3v) is 8.30. The molecular formula is C35H69NO4. The molecule has 0 aliphatic carbocycles. The predicted octanol–water partition coefficient (Wildman–Crippen LogP) is 9.21. The van der Waals surface area contributed by atoms with Crippen molar-refractivity contribution in [1.82, 2.24) is 5.32 Å². The van der Waals surface area contributed by atoms with Crippen LogP contribution in [0.15, 0.2) is 0 Å². The summed E-state index contributed by atoms with van der Waals surface area (Å²) < 4.78 is 0. The minimum Gasteiger partial charge on any atom is -0.394 e. The fourth-order valence-corrected chi connectivity index (χ4v) is 5.53. The van der Waals surface area contributed by atoms with Crippen LogP contribution in [0.1, 0.15) is 187 Å². The number of unbranched alkanes of at least 4 members (excludes halogenated alkanes) is 23. The van der Waals surface area contributed by atoms with Crippen LogP contribution in [-0.4, -0.2) is 41.2 Å². The number of carbonyl (C=O) groups excluding carboxylic acids is 2. The highest BCUT2D eigenvalue weighted by Gasteiger charge is 2.25. The van der Waals surface area contributed by atoms with Crippen LogP contribution < -0.4 is 5.32 Å². The van der Waals surface area contributed by atoms with Gasteiger partial charge < -0.3 is 15.5 Å². The Morgan fingerprint density at radius 1 is 0.550 bits per heavy atom. The van der Waals surface area contributed by atoms with Crippen molar-refractivity contribution in [2.24, 2.45) is 5.92 Å². The second kappa shape index (κ2) is 31.0. The minimum atomic E-state index is -0.979. The molecule has 238 valence electrons. The highest BCUT2D eigenvalue weighted by molar-refractivity contribution is 6.01.